The van der Waals surface area contributed by atoms with Gasteiger partial charge in [0.15, 0.2) is 5.78 Å². The standard InChI is InChI=1S/C24H19BrFNO3S/c1-14(28)19-13-27(12-16-5-3-4-6-20(16)26)24-21(22(19)29)18(11-25)23(31-24)15-7-9-17(30-2)10-8-15/h3-10,13H,11-12H2,1-2H3. The number of nitrogens with zero attached hydrogens (tertiary/aromatic N) is 1. The first-order chi connectivity index (χ1) is 14.9. The summed E-state index contributed by atoms with van der Waals surface area (Å²) in [6, 6.07) is 14.1. The molecule has 0 aliphatic heterocycles. The number of carbonyl (C=O) groups excluding carboxylic acids is 1. The summed E-state index contributed by atoms with van der Waals surface area (Å²) in [5, 5.41) is 0.946. The molecule has 2 heterocycles. The molecular formula is C24H19BrFNO3S. The summed E-state index contributed by atoms with van der Waals surface area (Å²) >= 11 is 4.98. The highest BCUT2D eigenvalue weighted by atomic mass is 79.9. The van der Waals surface area contributed by atoms with E-state index in [0.717, 1.165) is 21.8 Å². The van der Waals surface area contributed by atoms with E-state index < -0.39 is 0 Å². The van der Waals surface area contributed by atoms with Gasteiger partial charge >= 0.3 is 0 Å². The Labute approximate surface area is 191 Å². The van der Waals surface area contributed by atoms with Crippen LogP contribution in [0.1, 0.15) is 28.4 Å². The molecule has 4 nitrogen and oxygen atoms in total. The molecule has 0 aliphatic rings. The zero-order valence-electron chi connectivity index (χ0n) is 16.9. The number of hydrogen-bond acceptors (Lipinski definition) is 4. The average molecular weight is 500 g/mol. The van der Waals surface area contributed by atoms with Gasteiger partial charge in [0.25, 0.3) is 0 Å². The molecule has 0 saturated carbocycles. The quantitative estimate of drug-likeness (QED) is 0.240. The Morgan fingerprint density at radius 3 is 2.48 bits per heavy atom. The normalized spacial score (nSPS) is 11.1. The number of halogens is 2. The van der Waals surface area contributed by atoms with E-state index in [1.165, 1.54) is 24.3 Å². The average Bonchev–Trinajstić information content (AvgIpc) is 3.17. The van der Waals surface area contributed by atoms with Crippen molar-refractivity contribution in [2.75, 3.05) is 7.11 Å². The fraction of sp³-hybridized carbons (Fsp3) is 0.167. The number of thiophene rings is 1. The van der Waals surface area contributed by atoms with Gasteiger partial charge < -0.3 is 9.30 Å². The van der Waals surface area contributed by atoms with Crippen LogP contribution in [0.25, 0.3) is 20.7 Å². The second-order valence-corrected chi connectivity index (χ2v) is 8.66. The molecule has 2 aromatic heterocycles. The van der Waals surface area contributed by atoms with Gasteiger partial charge in [0, 0.05) is 22.0 Å². The Morgan fingerprint density at radius 1 is 1.16 bits per heavy atom. The van der Waals surface area contributed by atoms with Gasteiger partial charge in [0.1, 0.15) is 16.4 Å². The van der Waals surface area contributed by atoms with E-state index in [0.29, 0.717) is 21.1 Å². The van der Waals surface area contributed by atoms with Crippen LogP contribution in [-0.2, 0) is 11.9 Å². The molecule has 2 aromatic carbocycles. The summed E-state index contributed by atoms with van der Waals surface area (Å²) in [7, 11) is 1.61. The van der Waals surface area contributed by atoms with Crippen molar-refractivity contribution < 1.29 is 13.9 Å². The van der Waals surface area contributed by atoms with E-state index >= 15 is 0 Å². The number of Topliss-reactive ketones (excluding diaryl/α,β-unsaturated/α-hetero) is 1. The summed E-state index contributed by atoms with van der Waals surface area (Å²) in [6.45, 7) is 1.59. The van der Waals surface area contributed by atoms with E-state index in [1.54, 1.807) is 36.1 Å². The van der Waals surface area contributed by atoms with Gasteiger partial charge in [-0.1, -0.05) is 34.1 Å². The van der Waals surface area contributed by atoms with E-state index in [4.69, 9.17) is 4.74 Å². The van der Waals surface area contributed by atoms with E-state index in [1.807, 2.05) is 24.3 Å². The molecule has 4 aromatic rings. The minimum absolute atomic E-state index is 0.102. The first-order valence-electron chi connectivity index (χ1n) is 9.58. The van der Waals surface area contributed by atoms with Crippen molar-refractivity contribution in [1.29, 1.82) is 0 Å². The Morgan fingerprint density at radius 2 is 1.87 bits per heavy atom. The number of fused-ring (bicyclic) bond motifs is 1. The largest absolute Gasteiger partial charge is 0.497 e. The van der Waals surface area contributed by atoms with Gasteiger partial charge in [-0.15, -0.1) is 11.3 Å². The minimum Gasteiger partial charge on any atom is -0.497 e. The summed E-state index contributed by atoms with van der Waals surface area (Å²) < 4.78 is 21.4. The number of pyridine rings is 1. The van der Waals surface area contributed by atoms with Crippen molar-refractivity contribution in [1.82, 2.24) is 4.57 Å². The van der Waals surface area contributed by atoms with E-state index in [2.05, 4.69) is 15.9 Å². The molecule has 0 fully saturated rings. The second-order valence-electron chi connectivity index (χ2n) is 7.10. The fourth-order valence-electron chi connectivity index (χ4n) is 3.58. The van der Waals surface area contributed by atoms with Crippen molar-refractivity contribution in [3.05, 3.63) is 87.5 Å². The summed E-state index contributed by atoms with van der Waals surface area (Å²) in [5.74, 6) is 0.0986. The molecule has 0 saturated heterocycles. The SMILES string of the molecule is COc1ccc(-c2sc3c(c2CBr)c(=O)c(C(C)=O)cn3Cc2ccccc2F)cc1. The molecule has 0 aliphatic carbocycles. The minimum atomic E-state index is -0.327. The number of alkyl halides is 1. The lowest BCUT2D eigenvalue weighted by Gasteiger charge is -2.11. The van der Waals surface area contributed by atoms with Crippen LogP contribution in [0.3, 0.4) is 0 Å². The molecule has 0 unspecified atom stereocenters. The zero-order valence-corrected chi connectivity index (χ0v) is 19.3. The van der Waals surface area contributed by atoms with Crippen molar-refractivity contribution in [2.24, 2.45) is 0 Å². The lowest BCUT2D eigenvalue weighted by molar-refractivity contribution is 0.101. The summed E-state index contributed by atoms with van der Waals surface area (Å²) in [5.41, 5.74) is 2.06. The topological polar surface area (TPSA) is 48.3 Å². The maximum Gasteiger partial charge on any atom is 0.201 e. The molecule has 0 radical (unpaired) electrons. The molecule has 0 N–H and O–H groups in total. The maximum atomic E-state index is 14.3. The van der Waals surface area contributed by atoms with Crippen LogP contribution in [0.4, 0.5) is 4.39 Å². The number of ketones is 1. The van der Waals surface area contributed by atoms with Gasteiger partial charge in [-0.2, -0.15) is 0 Å². The summed E-state index contributed by atoms with van der Waals surface area (Å²) in [4.78, 5) is 27.1. The molecule has 0 atom stereocenters. The Bertz CT molecular complexity index is 1340. The van der Waals surface area contributed by atoms with Crippen LogP contribution >= 0.6 is 27.3 Å². The van der Waals surface area contributed by atoms with Gasteiger partial charge in [0.05, 0.1) is 24.6 Å². The Balaban J connectivity index is 2.00. The van der Waals surface area contributed by atoms with E-state index in [9.17, 15) is 14.0 Å². The summed E-state index contributed by atoms with van der Waals surface area (Å²) in [6.07, 6.45) is 1.55. The van der Waals surface area contributed by atoms with Crippen LogP contribution in [0.15, 0.2) is 59.5 Å². The highest BCUT2D eigenvalue weighted by Gasteiger charge is 2.22. The van der Waals surface area contributed by atoms with Crippen molar-refractivity contribution >= 4 is 43.3 Å². The number of rotatable bonds is 6. The van der Waals surface area contributed by atoms with Crippen LogP contribution < -0.4 is 10.2 Å². The number of carbonyl (C=O) groups is 1. The van der Waals surface area contributed by atoms with Gasteiger partial charge in [-0.05, 0) is 48.4 Å². The third-order valence-corrected chi connectivity index (χ3v) is 7.05. The molecule has 0 bridgehead atoms. The van der Waals surface area contributed by atoms with Crippen LogP contribution in [0.2, 0.25) is 0 Å². The predicted octanol–water partition coefficient (Wildman–Crippen LogP) is 6.02. The Hall–Kier alpha value is -2.77. The first-order valence-corrected chi connectivity index (χ1v) is 11.5. The van der Waals surface area contributed by atoms with Crippen molar-refractivity contribution in [2.45, 2.75) is 18.8 Å². The maximum absolute atomic E-state index is 14.3. The van der Waals surface area contributed by atoms with Gasteiger partial charge in [0.2, 0.25) is 5.43 Å². The number of methoxy groups -OCH3 is 1. The van der Waals surface area contributed by atoms with Gasteiger partial charge in [-0.3, -0.25) is 9.59 Å². The molecule has 4 rings (SSSR count). The lowest BCUT2D eigenvalue weighted by atomic mass is 10.1. The highest BCUT2D eigenvalue weighted by Crippen LogP contribution is 2.39. The number of aromatic nitrogens is 1. The van der Waals surface area contributed by atoms with Crippen molar-refractivity contribution in [3.8, 4) is 16.2 Å². The first kappa shape index (κ1) is 21.5. The predicted molar refractivity (Wildman–Crippen MR) is 126 cm³/mol. The number of benzene rings is 2. The Kier molecular flexibility index (Phi) is 6.07. The van der Waals surface area contributed by atoms with Crippen LogP contribution in [-0.4, -0.2) is 17.5 Å². The molecule has 158 valence electrons. The number of hydrogen-bond donors (Lipinski definition) is 0. The zero-order chi connectivity index (χ0) is 22.1. The molecule has 0 spiro atoms. The van der Waals surface area contributed by atoms with E-state index in [-0.39, 0.29) is 29.1 Å². The monoisotopic (exact) mass is 499 g/mol. The smallest absolute Gasteiger partial charge is 0.201 e. The molecular weight excluding hydrogens is 481 g/mol. The number of ether oxygens (including phenoxy) is 1. The lowest BCUT2D eigenvalue weighted by Crippen LogP contribution is -2.18. The third kappa shape index (κ3) is 3.95. The molecule has 7 heteroatoms. The van der Waals surface area contributed by atoms with Crippen molar-refractivity contribution in [3.63, 3.8) is 0 Å². The van der Waals surface area contributed by atoms with Gasteiger partial charge in [-0.25, -0.2) is 4.39 Å². The van der Waals surface area contributed by atoms with Crippen LogP contribution in [0.5, 0.6) is 5.75 Å². The second kappa shape index (κ2) is 8.77. The fourth-order valence-corrected chi connectivity index (χ4v) is 5.62. The third-order valence-electron chi connectivity index (χ3n) is 5.17. The molecule has 31 heavy (non-hydrogen) atoms. The molecule has 0 amide bonds. The highest BCUT2D eigenvalue weighted by molar-refractivity contribution is 9.08. The van der Waals surface area contributed by atoms with Crippen LogP contribution in [0, 0.1) is 5.82 Å².